The molecule has 3 heterocycles. The van der Waals surface area contributed by atoms with Crippen molar-refractivity contribution < 1.29 is 19.5 Å². The highest BCUT2D eigenvalue weighted by molar-refractivity contribution is 6.10. The molecule has 1 aliphatic heterocycles. The van der Waals surface area contributed by atoms with E-state index in [0.717, 1.165) is 23.4 Å². The number of fused-ring (bicyclic) bond motifs is 1. The lowest BCUT2D eigenvalue weighted by molar-refractivity contribution is 0.0692. The van der Waals surface area contributed by atoms with E-state index in [0.29, 0.717) is 29.3 Å². The van der Waals surface area contributed by atoms with Gasteiger partial charge in [-0.15, -0.1) is 0 Å². The molecule has 9 nitrogen and oxygen atoms in total. The second kappa shape index (κ2) is 8.62. The molecule has 0 saturated carbocycles. The number of carboxylic acids is 1. The van der Waals surface area contributed by atoms with Gasteiger partial charge in [-0.05, 0) is 48.5 Å². The molecule has 0 saturated heterocycles. The third-order valence-electron chi connectivity index (χ3n) is 5.54. The van der Waals surface area contributed by atoms with Crippen LogP contribution in [0.1, 0.15) is 36.8 Å². The molecule has 9 heteroatoms. The minimum absolute atomic E-state index is 0.0645. The van der Waals surface area contributed by atoms with Crippen LogP contribution in [0.25, 0.3) is 22.8 Å². The number of carboxylic acid groups (broad SMARTS) is 1. The summed E-state index contributed by atoms with van der Waals surface area (Å²) in [5.74, 6) is -1.28. The third kappa shape index (κ3) is 4.02. The Balaban J connectivity index is 1.36. The molecule has 4 N–H and O–H groups in total. The van der Waals surface area contributed by atoms with Gasteiger partial charge in [0.2, 0.25) is 0 Å². The summed E-state index contributed by atoms with van der Waals surface area (Å²) in [7, 11) is 0. The molecule has 0 bridgehead atoms. The molecule has 2 amide bonds. The molecule has 5 rings (SSSR count). The number of hydrogen-bond donors (Lipinski definition) is 4. The Labute approximate surface area is 193 Å². The van der Waals surface area contributed by atoms with Crippen LogP contribution in [0.15, 0.2) is 66.9 Å². The molecule has 2 aromatic carbocycles. The van der Waals surface area contributed by atoms with Crippen molar-refractivity contribution in [2.45, 2.75) is 6.42 Å². The summed E-state index contributed by atoms with van der Waals surface area (Å²) in [6, 6.07) is 16.5. The highest BCUT2D eigenvalue weighted by Gasteiger charge is 2.20. The van der Waals surface area contributed by atoms with E-state index in [9.17, 15) is 19.5 Å². The van der Waals surface area contributed by atoms with Gasteiger partial charge in [-0.1, -0.05) is 12.1 Å². The standard InChI is InChI=1S/C25H19N5O4/c31-23-18-13-21(29-19(18)9-12-27-23)20-10-11-26-22(30-20)14-5-7-15(8-6-14)28-24(32)16-3-1-2-4-17(16)25(33)34/h1-8,10-11,13,29H,9,12H2,(H,27,31)(H,28,32)(H,33,34). The van der Waals surface area contributed by atoms with Crippen LogP contribution in [0.4, 0.5) is 5.69 Å². The smallest absolute Gasteiger partial charge is 0.336 e. The van der Waals surface area contributed by atoms with E-state index >= 15 is 0 Å². The van der Waals surface area contributed by atoms with Crippen LogP contribution in [0, 0.1) is 0 Å². The van der Waals surface area contributed by atoms with Gasteiger partial charge < -0.3 is 20.7 Å². The number of carbonyl (C=O) groups excluding carboxylic acids is 2. The summed E-state index contributed by atoms with van der Waals surface area (Å²) < 4.78 is 0. The monoisotopic (exact) mass is 453 g/mol. The Morgan fingerprint density at radius 2 is 1.76 bits per heavy atom. The summed E-state index contributed by atoms with van der Waals surface area (Å²) in [5.41, 5.74) is 4.19. The molecule has 4 aromatic rings. The van der Waals surface area contributed by atoms with Gasteiger partial charge in [0.15, 0.2) is 5.82 Å². The number of benzene rings is 2. The lowest BCUT2D eigenvalue weighted by atomic mass is 10.1. The van der Waals surface area contributed by atoms with E-state index in [2.05, 4.69) is 25.6 Å². The Morgan fingerprint density at radius 1 is 1.00 bits per heavy atom. The molecule has 0 unspecified atom stereocenters. The maximum Gasteiger partial charge on any atom is 0.336 e. The molecule has 34 heavy (non-hydrogen) atoms. The number of anilines is 1. The second-order valence-corrected chi connectivity index (χ2v) is 7.73. The number of aromatic carboxylic acids is 1. The van der Waals surface area contributed by atoms with Gasteiger partial charge in [0, 0.05) is 36.1 Å². The first-order chi connectivity index (χ1) is 16.5. The van der Waals surface area contributed by atoms with Crippen molar-refractivity contribution >= 4 is 23.5 Å². The maximum atomic E-state index is 12.6. The van der Waals surface area contributed by atoms with E-state index in [1.54, 1.807) is 54.7 Å². The first-order valence-corrected chi connectivity index (χ1v) is 10.6. The van der Waals surface area contributed by atoms with Crippen molar-refractivity contribution in [1.82, 2.24) is 20.3 Å². The van der Waals surface area contributed by atoms with E-state index in [4.69, 9.17) is 0 Å². The normalized spacial score (nSPS) is 12.5. The van der Waals surface area contributed by atoms with Gasteiger partial charge in [0.25, 0.3) is 11.8 Å². The fourth-order valence-corrected chi connectivity index (χ4v) is 3.85. The van der Waals surface area contributed by atoms with Crippen molar-refractivity contribution in [2.24, 2.45) is 0 Å². The average molecular weight is 453 g/mol. The molecular formula is C25H19N5O4. The number of nitrogens with zero attached hydrogens (tertiary/aromatic N) is 2. The summed E-state index contributed by atoms with van der Waals surface area (Å²) in [6.45, 7) is 0.603. The van der Waals surface area contributed by atoms with Crippen LogP contribution in [0.2, 0.25) is 0 Å². The van der Waals surface area contributed by atoms with Crippen molar-refractivity contribution in [2.75, 3.05) is 11.9 Å². The SMILES string of the molecule is O=C(O)c1ccccc1C(=O)Nc1ccc(-c2nccc(-c3cc4c([nH]3)CCNC4=O)n2)cc1. The Kier molecular flexibility index (Phi) is 5.35. The number of H-pyrrole nitrogens is 1. The van der Waals surface area contributed by atoms with Gasteiger partial charge in [0.05, 0.1) is 28.1 Å². The number of aromatic nitrogens is 3. The van der Waals surface area contributed by atoms with Crippen molar-refractivity contribution in [1.29, 1.82) is 0 Å². The zero-order valence-corrected chi connectivity index (χ0v) is 17.8. The van der Waals surface area contributed by atoms with E-state index in [-0.39, 0.29) is 17.0 Å². The molecular weight excluding hydrogens is 434 g/mol. The van der Waals surface area contributed by atoms with Crippen LogP contribution in [-0.2, 0) is 6.42 Å². The Bertz CT molecular complexity index is 1430. The quantitative estimate of drug-likeness (QED) is 0.366. The average Bonchev–Trinajstić information content (AvgIpc) is 3.30. The minimum Gasteiger partial charge on any atom is -0.478 e. The molecule has 168 valence electrons. The van der Waals surface area contributed by atoms with E-state index < -0.39 is 11.9 Å². The number of aromatic amines is 1. The summed E-state index contributed by atoms with van der Waals surface area (Å²) >= 11 is 0. The van der Waals surface area contributed by atoms with Crippen LogP contribution < -0.4 is 10.6 Å². The van der Waals surface area contributed by atoms with Crippen LogP contribution in [0.5, 0.6) is 0 Å². The zero-order valence-electron chi connectivity index (χ0n) is 17.8. The predicted octanol–water partition coefficient (Wildman–Crippen LogP) is 3.38. The number of hydrogen-bond acceptors (Lipinski definition) is 5. The molecule has 1 aliphatic rings. The van der Waals surface area contributed by atoms with E-state index in [1.165, 1.54) is 12.1 Å². The largest absolute Gasteiger partial charge is 0.478 e. The lowest BCUT2D eigenvalue weighted by Gasteiger charge is -2.10. The predicted molar refractivity (Wildman–Crippen MR) is 125 cm³/mol. The second-order valence-electron chi connectivity index (χ2n) is 7.73. The topological polar surface area (TPSA) is 137 Å². The van der Waals surface area contributed by atoms with Gasteiger partial charge in [-0.25, -0.2) is 14.8 Å². The van der Waals surface area contributed by atoms with Gasteiger partial charge in [-0.3, -0.25) is 9.59 Å². The van der Waals surface area contributed by atoms with Crippen LogP contribution >= 0.6 is 0 Å². The number of rotatable bonds is 5. The molecule has 0 spiro atoms. The maximum absolute atomic E-state index is 12.6. The van der Waals surface area contributed by atoms with Crippen LogP contribution in [-0.4, -0.2) is 44.4 Å². The zero-order chi connectivity index (χ0) is 23.7. The summed E-state index contributed by atoms with van der Waals surface area (Å²) in [5, 5.41) is 14.8. The summed E-state index contributed by atoms with van der Waals surface area (Å²) in [4.78, 5) is 48.2. The number of carbonyl (C=O) groups is 3. The Hall–Kier alpha value is -4.79. The molecule has 0 radical (unpaired) electrons. The highest BCUT2D eigenvalue weighted by Crippen LogP contribution is 2.25. The van der Waals surface area contributed by atoms with Gasteiger partial charge >= 0.3 is 5.97 Å². The molecule has 0 atom stereocenters. The lowest BCUT2D eigenvalue weighted by Crippen LogP contribution is -2.31. The van der Waals surface area contributed by atoms with Crippen molar-refractivity contribution in [3.05, 3.63) is 89.2 Å². The highest BCUT2D eigenvalue weighted by atomic mass is 16.4. The van der Waals surface area contributed by atoms with Gasteiger partial charge in [0.1, 0.15) is 0 Å². The Morgan fingerprint density at radius 3 is 2.50 bits per heavy atom. The molecule has 2 aromatic heterocycles. The van der Waals surface area contributed by atoms with Crippen molar-refractivity contribution in [3.63, 3.8) is 0 Å². The fraction of sp³-hybridized carbons (Fsp3) is 0.0800. The molecule has 0 aliphatic carbocycles. The third-order valence-corrected chi connectivity index (χ3v) is 5.54. The van der Waals surface area contributed by atoms with Crippen LogP contribution in [0.3, 0.4) is 0 Å². The summed E-state index contributed by atoms with van der Waals surface area (Å²) in [6.07, 6.45) is 2.39. The van der Waals surface area contributed by atoms with E-state index in [1.807, 2.05) is 0 Å². The van der Waals surface area contributed by atoms with Crippen molar-refractivity contribution in [3.8, 4) is 22.8 Å². The number of nitrogens with one attached hydrogen (secondary N) is 3. The minimum atomic E-state index is -1.17. The first kappa shape index (κ1) is 21.1. The first-order valence-electron chi connectivity index (χ1n) is 10.6. The van der Waals surface area contributed by atoms with Gasteiger partial charge in [-0.2, -0.15) is 0 Å². The molecule has 0 fully saturated rings. The number of amides is 2. The fourth-order valence-electron chi connectivity index (χ4n) is 3.85.